The van der Waals surface area contributed by atoms with Gasteiger partial charge in [0.15, 0.2) is 0 Å². The smallest absolute Gasteiger partial charge is 0.327 e. The van der Waals surface area contributed by atoms with Gasteiger partial charge in [-0.25, -0.2) is 13.1 Å². The van der Waals surface area contributed by atoms with Crippen molar-refractivity contribution in [2.24, 2.45) is 0 Å². The highest BCUT2D eigenvalue weighted by Crippen LogP contribution is 2.06. The molecule has 1 unspecified atom stereocenters. The molecule has 0 bridgehead atoms. The highest BCUT2D eigenvalue weighted by atomic mass is 35.5. The molecule has 0 aromatic carbocycles. The van der Waals surface area contributed by atoms with Gasteiger partial charge in [0.2, 0.25) is 10.0 Å². The second kappa shape index (κ2) is 8.20. The maximum atomic E-state index is 11.9. The van der Waals surface area contributed by atoms with Crippen LogP contribution in [0.1, 0.15) is 6.92 Å². The average Bonchev–Trinajstić information content (AvgIpc) is 2.85. The Morgan fingerprint density at radius 2 is 2.20 bits per heavy atom. The largest absolute Gasteiger partial charge is 0.468 e. The van der Waals surface area contributed by atoms with Crippen molar-refractivity contribution in [1.82, 2.24) is 19.8 Å². The van der Waals surface area contributed by atoms with Gasteiger partial charge in [0.1, 0.15) is 11.4 Å². The Morgan fingerprint density at radius 1 is 1.55 bits per heavy atom. The summed E-state index contributed by atoms with van der Waals surface area (Å²) in [6, 6.07) is 0.0138. The first kappa shape index (κ1) is 18.8. The van der Waals surface area contributed by atoms with E-state index in [0.717, 1.165) is 0 Å². The zero-order valence-corrected chi connectivity index (χ0v) is 13.1. The Hall–Kier alpha value is -1.16. The highest BCUT2D eigenvalue weighted by molar-refractivity contribution is 7.89. The van der Waals surface area contributed by atoms with Gasteiger partial charge in [0.05, 0.1) is 13.3 Å². The molecule has 0 aliphatic carbocycles. The lowest BCUT2D eigenvalue weighted by molar-refractivity contribution is -0.141. The third kappa shape index (κ3) is 5.45. The molecule has 0 saturated heterocycles. The zero-order valence-electron chi connectivity index (χ0n) is 11.5. The van der Waals surface area contributed by atoms with Crippen LogP contribution in [-0.4, -0.2) is 50.9 Å². The van der Waals surface area contributed by atoms with Crippen LogP contribution in [0.2, 0.25) is 0 Å². The molecule has 0 aliphatic heterocycles. The first-order chi connectivity index (χ1) is 8.89. The van der Waals surface area contributed by atoms with E-state index >= 15 is 0 Å². The molecule has 0 radical (unpaired) electrons. The Labute approximate surface area is 124 Å². The second-order valence-electron chi connectivity index (χ2n) is 3.99. The van der Waals surface area contributed by atoms with Gasteiger partial charge in [0.25, 0.3) is 0 Å². The molecule has 8 nitrogen and oxygen atoms in total. The number of hydrogen-bond donors (Lipinski definition) is 2. The molecular weight excluding hydrogens is 308 g/mol. The van der Waals surface area contributed by atoms with Crippen LogP contribution in [0.15, 0.2) is 17.3 Å². The fraction of sp³-hybridized carbons (Fsp3) is 0.600. The van der Waals surface area contributed by atoms with Gasteiger partial charge in [-0.3, -0.25) is 9.48 Å². The number of methoxy groups -OCH3 is 1. The van der Waals surface area contributed by atoms with Crippen LogP contribution in [0.3, 0.4) is 0 Å². The quantitative estimate of drug-likeness (QED) is 0.646. The van der Waals surface area contributed by atoms with Crippen LogP contribution in [0.25, 0.3) is 0 Å². The molecule has 1 rings (SSSR count). The van der Waals surface area contributed by atoms with E-state index in [-0.39, 0.29) is 36.4 Å². The molecule has 116 valence electrons. The summed E-state index contributed by atoms with van der Waals surface area (Å²) in [7, 11) is -0.615. The van der Waals surface area contributed by atoms with E-state index in [4.69, 9.17) is 0 Å². The molecule has 1 aromatic rings. The van der Waals surface area contributed by atoms with E-state index in [1.165, 1.54) is 24.2 Å². The summed E-state index contributed by atoms with van der Waals surface area (Å²) in [5.41, 5.74) is 0. The summed E-state index contributed by atoms with van der Waals surface area (Å²) in [6.45, 7) is 1.99. The number of ether oxygens (including phenoxy) is 1. The van der Waals surface area contributed by atoms with Gasteiger partial charge in [-0.05, 0) is 14.0 Å². The number of carbonyl (C=O) groups is 1. The summed E-state index contributed by atoms with van der Waals surface area (Å²) in [6.07, 6.45) is 2.47. The minimum absolute atomic E-state index is 0. The fourth-order valence-corrected chi connectivity index (χ4v) is 2.27. The average molecular weight is 327 g/mol. The first-order valence-electron chi connectivity index (χ1n) is 5.65. The molecule has 0 spiro atoms. The van der Waals surface area contributed by atoms with E-state index < -0.39 is 16.0 Å². The van der Waals surface area contributed by atoms with Crippen LogP contribution >= 0.6 is 12.4 Å². The van der Waals surface area contributed by atoms with Crippen LogP contribution in [0, 0.1) is 0 Å². The lowest BCUT2D eigenvalue weighted by atomic mass is 10.4. The summed E-state index contributed by atoms with van der Waals surface area (Å²) in [5, 5.41) is 6.72. The number of nitrogens with zero attached hydrogens (tertiary/aromatic N) is 2. The summed E-state index contributed by atoms with van der Waals surface area (Å²) in [5.74, 6) is -0.496. The van der Waals surface area contributed by atoms with Crippen molar-refractivity contribution in [3.63, 3.8) is 0 Å². The van der Waals surface area contributed by atoms with Gasteiger partial charge >= 0.3 is 5.97 Å². The van der Waals surface area contributed by atoms with Gasteiger partial charge in [0, 0.05) is 18.8 Å². The number of nitrogens with one attached hydrogen (secondary N) is 2. The Bertz CT molecular complexity index is 531. The van der Waals surface area contributed by atoms with E-state index in [1.807, 2.05) is 6.92 Å². The van der Waals surface area contributed by atoms with Crippen LogP contribution in [-0.2, 0) is 26.1 Å². The molecule has 20 heavy (non-hydrogen) atoms. The molecule has 0 amide bonds. The third-order valence-electron chi connectivity index (χ3n) is 2.51. The number of aromatic nitrogens is 2. The maximum Gasteiger partial charge on any atom is 0.327 e. The Morgan fingerprint density at radius 3 is 2.75 bits per heavy atom. The van der Waals surface area contributed by atoms with Crippen LogP contribution in [0.5, 0.6) is 0 Å². The van der Waals surface area contributed by atoms with Gasteiger partial charge in [-0.2, -0.15) is 5.10 Å². The number of hydrogen-bond acceptors (Lipinski definition) is 6. The topological polar surface area (TPSA) is 102 Å². The third-order valence-corrected chi connectivity index (χ3v) is 3.89. The Kier molecular flexibility index (Phi) is 7.72. The number of likely N-dealkylation sites (N-methyl/N-ethyl adjacent to an activating group) is 1. The normalized spacial score (nSPS) is 12.6. The van der Waals surface area contributed by atoms with Gasteiger partial charge in [-0.1, -0.05) is 0 Å². The number of rotatable bonds is 7. The van der Waals surface area contributed by atoms with E-state index in [1.54, 1.807) is 7.05 Å². The molecule has 1 heterocycles. The van der Waals surface area contributed by atoms with Crippen molar-refractivity contribution in [2.45, 2.75) is 24.4 Å². The molecule has 1 atom stereocenters. The predicted molar refractivity (Wildman–Crippen MR) is 75.2 cm³/mol. The molecule has 0 fully saturated rings. The molecule has 1 aromatic heterocycles. The van der Waals surface area contributed by atoms with E-state index in [2.05, 4.69) is 19.9 Å². The first-order valence-corrected chi connectivity index (χ1v) is 7.13. The monoisotopic (exact) mass is 326 g/mol. The maximum absolute atomic E-state index is 11.9. The van der Waals surface area contributed by atoms with E-state index in [0.29, 0.717) is 0 Å². The second-order valence-corrected chi connectivity index (χ2v) is 5.76. The SMILES string of the molecule is CNC(C)CNS(=O)(=O)c1cnn(CC(=O)OC)c1.Cl. The molecule has 0 aliphatic rings. The van der Waals surface area contributed by atoms with Crippen molar-refractivity contribution in [3.05, 3.63) is 12.4 Å². The summed E-state index contributed by atoms with van der Waals surface area (Å²) in [4.78, 5) is 11.1. The predicted octanol–water partition coefficient (Wildman–Crippen LogP) is -0.636. The molecule has 2 N–H and O–H groups in total. The molecule has 10 heteroatoms. The number of carbonyl (C=O) groups excluding carboxylic acids is 1. The molecule has 0 saturated carbocycles. The highest BCUT2D eigenvalue weighted by Gasteiger charge is 2.17. The van der Waals surface area contributed by atoms with Gasteiger partial charge < -0.3 is 10.1 Å². The van der Waals surface area contributed by atoms with Crippen molar-refractivity contribution >= 4 is 28.4 Å². The summed E-state index contributed by atoms with van der Waals surface area (Å²) >= 11 is 0. The van der Waals surface area contributed by atoms with Crippen molar-refractivity contribution in [2.75, 3.05) is 20.7 Å². The van der Waals surface area contributed by atoms with E-state index in [9.17, 15) is 13.2 Å². The Balaban J connectivity index is 0.00000361. The number of sulfonamides is 1. The summed E-state index contributed by atoms with van der Waals surface area (Å²) < 4.78 is 32.0. The number of esters is 1. The lowest BCUT2D eigenvalue weighted by Crippen LogP contribution is -2.37. The standard InChI is InChI=1S/C10H18N4O4S.ClH/c1-8(11-2)4-13-19(16,17)9-5-12-14(6-9)7-10(15)18-3;/h5-6,8,11,13H,4,7H2,1-3H3;1H. The fourth-order valence-electron chi connectivity index (χ4n) is 1.19. The minimum Gasteiger partial charge on any atom is -0.468 e. The van der Waals surface area contributed by atoms with Crippen LogP contribution in [0.4, 0.5) is 0 Å². The van der Waals surface area contributed by atoms with Crippen molar-refractivity contribution in [1.29, 1.82) is 0 Å². The van der Waals surface area contributed by atoms with Gasteiger partial charge in [-0.15, -0.1) is 12.4 Å². The van der Waals surface area contributed by atoms with Crippen molar-refractivity contribution < 1.29 is 17.9 Å². The number of halogens is 1. The zero-order chi connectivity index (χ0) is 14.5. The van der Waals surface area contributed by atoms with Crippen molar-refractivity contribution in [3.8, 4) is 0 Å². The molecular formula is C10H19ClN4O4S. The minimum atomic E-state index is -3.61. The lowest BCUT2D eigenvalue weighted by Gasteiger charge is -2.10. The van der Waals surface area contributed by atoms with Crippen LogP contribution < -0.4 is 10.0 Å².